The summed E-state index contributed by atoms with van der Waals surface area (Å²) in [5, 5.41) is 14.8. The highest BCUT2D eigenvalue weighted by Gasteiger charge is 2.43. The fourth-order valence-electron chi connectivity index (χ4n) is 5.02. The number of nitrogens with zero attached hydrogens (tertiary/aromatic N) is 3. The SMILES string of the molecule is Cc1ccc(C)c(-n2c(C)cc([C@@H]3[C@@H](c4ccccn4)NC(=S)N3c3ccccc3O)c2C)c1. The smallest absolute Gasteiger partial charge is 0.174 e. The first-order valence-electron chi connectivity index (χ1n) is 11.4. The van der Waals surface area contributed by atoms with Crippen LogP contribution in [0, 0.1) is 27.7 Å². The van der Waals surface area contributed by atoms with Gasteiger partial charge in [-0.1, -0.05) is 30.3 Å². The average molecular weight is 469 g/mol. The Morgan fingerprint density at radius 2 is 1.68 bits per heavy atom. The molecule has 6 heteroatoms. The van der Waals surface area contributed by atoms with E-state index in [4.69, 9.17) is 12.2 Å². The van der Waals surface area contributed by atoms with Gasteiger partial charge in [0.1, 0.15) is 5.75 Å². The molecule has 0 unspecified atom stereocenters. The number of phenolic OH excluding ortho intramolecular Hbond substituents is 1. The molecule has 4 aromatic rings. The van der Waals surface area contributed by atoms with Gasteiger partial charge in [-0.2, -0.15) is 0 Å². The van der Waals surface area contributed by atoms with Gasteiger partial charge in [0.2, 0.25) is 0 Å². The van der Waals surface area contributed by atoms with Crippen molar-refractivity contribution in [2.24, 2.45) is 0 Å². The zero-order valence-electron chi connectivity index (χ0n) is 19.8. The largest absolute Gasteiger partial charge is 0.506 e. The highest BCUT2D eigenvalue weighted by molar-refractivity contribution is 7.80. The second-order valence-corrected chi connectivity index (χ2v) is 9.32. The van der Waals surface area contributed by atoms with E-state index in [0.29, 0.717) is 10.8 Å². The number of phenols is 1. The summed E-state index contributed by atoms with van der Waals surface area (Å²) in [6, 6.07) is 21.7. The lowest BCUT2D eigenvalue weighted by atomic mass is 9.96. The van der Waals surface area contributed by atoms with Crippen molar-refractivity contribution < 1.29 is 5.11 Å². The van der Waals surface area contributed by atoms with E-state index in [1.165, 1.54) is 16.8 Å². The molecule has 1 fully saturated rings. The quantitative estimate of drug-likeness (QED) is 0.361. The standard InChI is InChI=1S/C28H28N4OS/c1-17-12-13-18(2)24(15-17)31-19(3)16-21(20(31)4)27-26(22-9-7-8-14-29-22)30-28(34)32(27)23-10-5-6-11-25(23)33/h5-16,26-27,33H,1-4H3,(H,30,34)/t26-,27-/m1/s1. The number of anilines is 1. The highest BCUT2D eigenvalue weighted by Crippen LogP contribution is 2.45. The van der Waals surface area contributed by atoms with Crippen LogP contribution in [0.5, 0.6) is 5.75 Å². The molecule has 2 atom stereocenters. The first-order chi connectivity index (χ1) is 16.4. The summed E-state index contributed by atoms with van der Waals surface area (Å²) in [6.45, 7) is 8.56. The molecule has 1 aliphatic rings. The normalized spacial score (nSPS) is 17.8. The number of hydrogen-bond donors (Lipinski definition) is 2. The number of rotatable bonds is 4. The van der Waals surface area contributed by atoms with Gasteiger partial charge < -0.3 is 19.9 Å². The molecule has 1 saturated heterocycles. The molecule has 3 heterocycles. The van der Waals surface area contributed by atoms with Gasteiger partial charge in [-0.3, -0.25) is 4.98 Å². The zero-order valence-corrected chi connectivity index (χ0v) is 20.6. The van der Waals surface area contributed by atoms with Crippen molar-refractivity contribution in [2.75, 3.05) is 4.90 Å². The van der Waals surface area contributed by atoms with Crippen LogP contribution in [0.25, 0.3) is 5.69 Å². The first kappa shape index (κ1) is 22.2. The molecule has 0 radical (unpaired) electrons. The fourth-order valence-corrected chi connectivity index (χ4v) is 5.36. The van der Waals surface area contributed by atoms with Gasteiger partial charge in [0.15, 0.2) is 5.11 Å². The Hall–Kier alpha value is -3.64. The molecule has 5 nitrogen and oxygen atoms in total. The Bertz CT molecular complexity index is 1380. The molecule has 0 amide bonds. The molecule has 2 aromatic carbocycles. The third kappa shape index (κ3) is 3.64. The van der Waals surface area contributed by atoms with E-state index in [2.05, 4.69) is 66.8 Å². The summed E-state index contributed by atoms with van der Waals surface area (Å²) < 4.78 is 2.32. The number of aromatic nitrogens is 2. The molecular formula is C28H28N4OS. The predicted octanol–water partition coefficient (Wildman–Crippen LogP) is 5.99. The van der Waals surface area contributed by atoms with Crippen LogP contribution in [0.1, 0.15) is 45.9 Å². The maximum absolute atomic E-state index is 10.7. The van der Waals surface area contributed by atoms with E-state index in [1.54, 1.807) is 12.3 Å². The first-order valence-corrected chi connectivity index (χ1v) is 11.8. The lowest BCUT2D eigenvalue weighted by Gasteiger charge is -2.28. The van der Waals surface area contributed by atoms with Crippen LogP contribution in [0.2, 0.25) is 0 Å². The summed E-state index contributed by atoms with van der Waals surface area (Å²) in [6.07, 6.45) is 1.80. The van der Waals surface area contributed by atoms with Crippen molar-refractivity contribution in [2.45, 2.75) is 39.8 Å². The fraction of sp³-hybridized carbons (Fsp3) is 0.214. The topological polar surface area (TPSA) is 53.3 Å². The van der Waals surface area contributed by atoms with Crippen molar-refractivity contribution in [3.05, 3.63) is 107 Å². The van der Waals surface area contributed by atoms with E-state index in [9.17, 15) is 5.11 Å². The van der Waals surface area contributed by atoms with Crippen molar-refractivity contribution in [1.82, 2.24) is 14.9 Å². The van der Waals surface area contributed by atoms with Gasteiger partial charge in [-0.15, -0.1) is 0 Å². The molecule has 0 spiro atoms. The molecule has 0 saturated carbocycles. The molecule has 0 aliphatic carbocycles. The third-order valence-corrected chi connectivity index (χ3v) is 6.95. The zero-order chi connectivity index (χ0) is 24.0. The monoisotopic (exact) mass is 468 g/mol. The van der Waals surface area contributed by atoms with Gasteiger partial charge in [0.05, 0.1) is 23.5 Å². The molecule has 172 valence electrons. The minimum absolute atomic E-state index is 0.166. The Morgan fingerprint density at radius 3 is 2.41 bits per heavy atom. The van der Waals surface area contributed by atoms with Crippen LogP contribution >= 0.6 is 12.2 Å². The minimum atomic E-state index is -0.180. The van der Waals surface area contributed by atoms with Crippen LogP contribution in [-0.2, 0) is 0 Å². The van der Waals surface area contributed by atoms with Crippen molar-refractivity contribution in [1.29, 1.82) is 0 Å². The van der Waals surface area contributed by atoms with E-state index in [0.717, 1.165) is 22.6 Å². The minimum Gasteiger partial charge on any atom is -0.506 e. The van der Waals surface area contributed by atoms with E-state index >= 15 is 0 Å². The highest BCUT2D eigenvalue weighted by atomic mass is 32.1. The van der Waals surface area contributed by atoms with Crippen molar-refractivity contribution in [3.8, 4) is 11.4 Å². The summed E-state index contributed by atoms with van der Waals surface area (Å²) in [7, 11) is 0. The number of para-hydroxylation sites is 2. The maximum atomic E-state index is 10.7. The van der Waals surface area contributed by atoms with Crippen LogP contribution in [0.4, 0.5) is 5.69 Å². The average Bonchev–Trinajstić information content (AvgIpc) is 3.31. The Morgan fingerprint density at radius 1 is 0.912 bits per heavy atom. The summed E-state index contributed by atoms with van der Waals surface area (Å²) in [5.41, 5.74) is 8.64. The number of thiocarbonyl (C=S) groups is 1. The molecule has 34 heavy (non-hydrogen) atoms. The summed E-state index contributed by atoms with van der Waals surface area (Å²) in [5.74, 6) is 0.196. The van der Waals surface area contributed by atoms with Crippen molar-refractivity contribution in [3.63, 3.8) is 0 Å². The molecule has 1 aliphatic heterocycles. The third-order valence-electron chi connectivity index (χ3n) is 6.63. The van der Waals surface area contributed by atoms with Crippen LogP contribution in [-0.4, -0.2) is 19.8 Å². The van der Waals surface area contributed by atoms with Crippen molar-refractivity contribution >= 4 is 23.0 Å². The Labute approximate surface area is 205 Å². The van der Waals surface area contributed by atoms with E-state index < -0.39 is 0 Å². The number of hydrogen-bond acceptors (Lipinski definition) is 3. The molecule has 0 bridgehead atoms. The number of benzene rings is 2. The second kappa shape index (κ2) is 8.61. The molecule has 2 N–H and O–H groups in total. The predicted molar refractivity (Wildman–Crippen MR) is 141 cm³/mol. The lowest BCUT2D eigenvalue weighted by molar-refractivity contribution is 0.472. The Kier molecular flexibility index (Phi) is 5.62. The van der Waals surface area contributed by atoms with Gasteiger partial charge in [-0.25, -0.2) is 0 Å². The summed E-state index contributed by atoms with van der Waals surface area (Å²) >= 11 is 5.82. The molecule has 5 rings (SSSR count). The molecular weight excluding hydrogens is 440 g/mol. The van der Waals surface area contributed by atoms with Crippen LogP contribution < -0.4 is 10.2 Å². The Balaban J connectivity index is 1.72. The van der Waals surface area contributed by atoms with E-state index in [-0.39, 0.29) is 17.8 Å². The number of nitrogens with one attached hydrogen (secondary N) is 1. The van der Waals surface area contributed by atoms with E-state index in [1.807, 2.05) is 41.3 Å². The van der Waals surface area contributed by atoms with Gasteiger partial charge in [0, 0.05) is 23.3 Å². The number of pyridine rings is 1. The van der Waals surface area contributed by atoms with Gasteiger partial charge >= 0.3 is 0 Å². The lowest BCUT2D eigenvalue weighted by Crippen LogP contribution is -2.29. The summed E-state index contributed by atoms with van der Waals surface area (Å²) in [4.78, 5) is 6.67. The van der Waals surface area contributed by atoms with Gasteiger partial charge in [-0.05, 0) is 93.0 Å². The van der Waals surface area contributed by atoms with Crippen LogP contribution in [0.3, 0.4) is 0 Å². The van der Waals surface area contributed by atoms with Crippen LogP contribution in [0.15, 0.2) is 72.9 Å². The second-order valence-electron chi connectivity index (χ2n) is 8.94. The maximum Gasteiger partial charge on any atom is 0.174 e. The number of aromatic hydroxyl groups is 1. The molecule has 2 aromatic heterocycles. The number of aryl methyl sites for hydroxylation is 3. The van der Waals surface area contributed by atoms with Gasteiger partial charge in [0.25, 0.3) is 0 Å².